The summed E-state index contributed by atoms with van der Waals surface area (Å²) in [4.78, 5) is -0.352. The van der Waals surface area contributed by atoms with E-state index in [4.69, 9.17) is 9.47 Å². The van der Waals surface area contributed by atoms with E-state index in [0.717, 1.165) is 6.07 Å². The minimum Gasteiger partial charge on any atom is -0.486 e. The monoisotopic (exact) mass is 337 g/mol. The topological polar surface area (TPSA) is 64.6 Å². The summed E-state index contributed by atoms with van der Waals surface area (Å²) < 4.78 is 51.5. The summed E-state index contributed by atoms with van der Waals surface area (Å²) in [6, 6.07) is 9.16. The Labute approximate surface area is 134 Å². The fourth-order valence-electron chi connectivity index (χ4n) is 2.27. The van der Waals surface area contributed by atoms with Crippen molar-refractivity contribution in [3.63, 3.8) is 0 Å². The van der Waals surface area contributed by atoms with Crippen molar-refractivity contribution in [3.05, 3.63) is 53.3 Å². The highest BCUT2D eigenvalue weighted by atomic mass is 32.2. The van der Waals surface area contributed by atoms with E-state index in [1.54, 1.807) is 25.1 Å². The second-order valence-electron chi connectivity index (χ2n) is 5.24. The molecule has 23 heavy (non-hydrogen) atoms. The molecule has 0 spiro atoms. The molecule has 7 heteroatoms. The number of benzene rings is 2. The second-order valence-corrected chi connectivity index (χ2v) is 6.97. The zero-order valence-electron chi connectivity index (χ0n) is 12.5. The predicted molar refractivity (Wildman–Crippen MR) is 82.6 cm³/mol. The van der Waals surface area contributed by atoms with Crippen LogP contribution in [0, 0.1) is 12.7 Å². The standard InChI is InChI=1S/C16H16FNO4S/c1-11-2-4-13(17)16(8-11)23(19,20)18-10-12-3-5-14-15(9-12)22-7-6-21-14/h2-5,8-9,18H,6-7,10H2,1H3. The third-order valence-electron chi connectivity index (χ3n) is 3.45. The van der Waals surface area contributed by atoms with Gasteiger partial charge < -0.3 is 9.47 Å². The average Bonchev–Trinajstić information content (AvgIpc) is 2.55. The average molecular weight is 337 g/mol. The van der Waals surface area contributed by atoms with Crippen molar-refractivity contribution in [1.29, 1.82) is 0 Å². The van der Waals surface area contributed by atoms with Gasteiger partial charge in [-0.3, -0.25) is 0 Å². The summed E-state index contributed by atoms with van der Waals surface area (Å²) in [6.45, 7) is 2.69. The summed E-state index contributed by atoms with van der Waals surface area (Å²) in [6.07, 6.45) is 0. The molecule has 2 aromatic carbocycles. The minimum absolute atomic E-state index is 0.0341. The molecule has 0 unspecified atom stereocenters. The van der Waals surface area contributed by atoms with Crippen molar-refractivity contribution >= 4 is 10.0 Å². The molecule has 5 nitrogen and oxygen atoms in total. The zero-order chi connectivity index (χ0) is 16.4. The van der Waals surface area contributed by atoms with Crippen LogP contribution >= 0.6 is 0 Å². The van der Waals surface area contributed by atoms with Crippen LogP contribution in [0.4, 0.5) is 4.39 Å². The third kappa shape index (κ3) is 3.46. The predicted octanol–water partition coefficient (Wildman–Crippen LogP) is 2.38. The Balaban J connectivity index is 1.78. The molecule has 0 bridgehead atoms. The number of hydrogen-bond donors (Lipinski definition) is 1. The van der Waals surface area contributed by atoms with E-state index in [1.807, 2.05) is 0 Å². The number of aryl methyl sites for hydroxylation is 1. The number of sulfonamides is 1. The van der Waals surface area contributed by atoms with Gasteiger partial charge >= 0.3 is 0 Å². The molecule has 0 fully saturated rings. The molecule has 0 aromatic heterocycles. The highest BCUT2D eigenvalue weighted by Crippen LogP contribution is 2.30. The zero-order valence-corrected chi connectivity index (χ0v) is 13.3. The van der Waals surface area contributed by atoms with Crippen molar-refractivity contribution in [1.82, 2.24) is 4.72 Å². The van der Waals surface area contributed by atoms with Gasteiger partial charge in [-0.05, 0) is 42.3 Å². The van der Waals surface area contributed by atoms with Gasteiger partial charge in [-0.25, -0.2) is 17.5 Å². The van der Waals surface area contributed by atoms with Crippen LogP contribution < -0.4 is 14.2 Å². The number of halogens is 1. The van der Waals surface area contributed by atoms with Crippen LogP contribution in [0.2, 0.25) is 0 Å². The van der Waals surface area contributed by atoms with Crippen LogP contribution in [-0.4, -0.2) is 21.6 Å². The Hall–Kier alpha value is -2.12. The Kier molecular flexibility index (Phi) is 4.23. The lowest BCUT2D eigenvalue weighted by molar-refractivity contribution is 0.171. The van der Waals surface area contributed by atoms with Crippen LogP contribution in [0.1, 0.15) is 11.1 Å². The van der Waals surface area contributed by atoms with Crippen LogP contribution in [0.25, 0.3) is 0 Å². The molecular formula is C16H16FNO4S. The number of rotatable bonds is 4. The van der Waals surface area contributed by atoms with E-state index in [1.165, 1.54) is 12.1 Å². The lowest BCUT2D eigenvalue weighted by Crippen LogP contribution is -2.24. The summed E-state index contributed by atoms with van der Waals surface area (Å²) in [5.74, 6) is 0.438. The van der Waals surface area contributed by atoms with Gasteiger partial charge in [0.2, 0.25) is 10.0 Å². The van der Waals surface area contributed by atoms with Crippen LogP contribution in [0.5, 0.6) is 11.5 Å². The Bertz CT molecular complexity index is 836. The van der Waals surface area contributed by atoms with Crippen molar-refractivity contribution in [3.8, 4) is 11.5 Å². The molecule has 2 aromatic rings. The highest BCUT2D eigenvalue weighted by molar-refractivity contribution is 7.89. The van der Waals surface area contributed by atoms with Crippen LogP contribution in [0.3, 0.4) is 0 Å². The number of nitrogens with one attached hydrogen (secondary N) is 1. The van der Waals surface area contributed by atoms with Gasteiger partial charge in [0.25, 0.3) is 0 Å². The summed E-state index contributed by atoms with van der Waals surface area (Å²) in [5.41, 5.74) is 1.37. The molecule has 0 atom stereocenters. The molecule has 0 saturated carbocycles. The number of fused-ring (bicyclic) bond motifs is 1. The maximum absolute atomic E-state index is 13.8. The molecule has 122 valence electrons. The van der Waals surface area contributed by atoms with Crippen LogP contribution in [-0.2, 0) is 16.6 Å². The van der Waals surface area contributed by atoms with Gasteiger partial charge in [-0.2, -0.15) is 0 Å². The number of ether oxygens (including phenoxy) is 2. The first-order valence-electron chi connectivity index (χ1n) is 7.10. The van der Waals surface area contributed by atoms with E-state index in [0.29, 0.717) is 35.8 Å². The largest absolute Gasteiger partial charge is 0.486 e. The maximum atomic E-state index is 13.8. The van der Waals surface area contributed by atoms with Crippen LogP contribution in [0.15, 0.2) is 41.3 Å². The van der Waals surface area contributed by atoms with Crippen molar-refractivity contribution in [2.75, 3.05) is 13.2 Å². The molecule has 0 aliphatic carbocycles. The Morgan fingerprint density at radius 3 is 2.61 bits per heavy atom. The van der Waals surface area contributed by atoms with E-state index >= 15 is 0 Å². The normalized spacial score (nSPS) is 13.8. The van der Waals surface area contributed by atoms with Gasteiger partial charge in [-0.15, -0.1) is 0 Å². The first kappa shape index (κ1) is 15.8. The van der Waals surface area contributed by atoms with Crippen molar-refractivity contribution < 1.29 is 22.3 Å². The van der Waals surface area contributed by atoms with E-state index in [-0.39, 0.29) is 11.4 Å². The summed E-state index contributed by atoms with van der Waals surface area (Å²) in [7, 11) is -3.93. The van der Waals surface area contributed by atoms with E-state index in [9.17, 15) is 12.8 Å². The van der Waals surface area contributed by atoms with E-state index in [2.05, 4.69) is 4.72 Å². The SMILES string of the molecule is Cc1ccc(F)c(S(=O)(=O)NCc2ccc3c(c2)OCCO3)c1. The van der Waals surface area contributed by atoms with E-state index < -0.39 is 15.8 Å². The molecular weight excluding hydrogens is 321 g/mol. The lowest BCUT2D eigenvalue weighted by atomic mass is 10.2. The molecule has 1 N–H and O–H groups in total. The lowest BCUT2D eigenvalue weighted by Gasteiger charge is -2.19. The quantitative estimate of drug-likeness (QED) is 0.930. The minimum atomic E-state index is -3.93. The van der Waals surface area contributed by atoms with Gasteiger partial charge in [0, 0.05) is 6.54 Å². The van der Waals surface area contributed by atoms with Crippen molar-refractivity contribution in [2.45, 2.75) is 18.4 Å². The number of hydrogen-bond acceptors (Lipinski definition) is 4. The van der Waals surface area contributed by atoms with Crippen molar-refractivity contribution in [2.24, 2.45) is 0 Å². The fourth-order valence-corrected chi connectivity index (χ4v) is 3.45. The van der Waals surface area contributed by atoms with Gasteiger partial charge in [0.05, 0.1) is 0 Å². The molecule has 3 rings (SSSR count). The Morgan fingerprint density at radius 2 is 1.83 bits per heavy atom. The Morgan fingerprint density at radius 1 is 1.09 bits per heavy atom. The molecule has 1 aliphatic rings. The first-order valence-corrected chi connectivity index (χ1v) is 8.58. The maximum Gasteiger partial charge on any atom is 0.243 e. The fraction of sp³-hybridized carbons (Fsp3) is 0.250. The smallest absolute Gasteiger partial charge is 0.243 e. The first-order chi connectivity index (χ1) is 11.0. The third-order valence-corrected chi connectivity index (χ3v) is 4.87. The van der Waals surface area contributed by atoms with Gasteiger partial charge in [-0.1, -0.05) is 12.1 Å². The summed E-state index contributed by atoms with van der Waals surface area (Å²) in [5, 5.41) is 0. The molecule has 1 heterocycles. The summed E-state index contributed by atoms with van der Waals surface area (Å²) >= 11 is 0. The second kappa shape index (κ2) is 6.17. The molecule has 0 radical (unpaired) electrons. The van der Waals surface area contributed by atoms with Gasteiger partial charge in [0.15, 0.2) is 11.5 Å². The molecule has 0 amide bonds. The van der Waals surface area contributed by atoms with Gasteiger partial charge in [0.1, 0.15) is 23.9 Å². The highest BCUT2D eigenvalue weighted by Gasteiger charge is 2.19. The molecule has 0 saturated heterocycles. The molecule has 1 aliphatic heterocycles.